The Morgan fingerprint density at radius 1 is 0.180 bits per heavy atom. The zero-order valence-corrected chi connectivity index (χ0v) is 87.4. The Kier molecular flexibility index (Phi) is 49.9. The van der Waals surface area contributed by atoms with E-state index >= 15 is 0 Å². The van der Waals surface area contributed by atoms with Crippen LogP contribution in [0.5, 0.6) is 34.5 Å². The molecule has 0 aliphatic carbocycles. The van der Waals surface area contributed by atoms with E-state index in [1.165, 1.54) is 0 Å². The summed E-state index contributed by atoms with van der Waals surface area (Å²) in [5.41, 5.74) is 2.58. The molecule has 0 aliphatic rings. The molecule has 0 fully saturated rings. The third-order valence-corrected chi connectivity index (χ3v) is 35.9. The maximum absolute atomic E-state index is 13.6. The van der Waals surface area contributed by atoms with Gasteiger partial charge in [0, 0.05) is 132 Å². The summed E-state index contributed by atoms with van der Waals surface area (Å²) in [6, 6.07) is 12.3. The Balaban J connectivity index is 2.83. The van der Waals surface area contributed by atoms with E-state index in [9.17, 15) is 9.59 Å². The fourth-order valence-corrected chi connectivity index (χ4v) is 31.5. The van der Waals surface area contributed by atoms with Crippen molar-refractivity contribution in [2.75, 3.05) is 39.6 Å². The minimum absolute atomic E-state index is 0.0606. The van der Waals surface area contributed by atoms with Crippen LogP contribution in [0.25, 0.3) is 24.3 Å². The number of carbonyl (C=O) groups is 2. The first kappa shape index (κ1) is 112. The summed E-state index contributed by atoms with van der Waals surface area (Å²) in [6.07, 6.45) is 4.74. The lowest BCUT2D eigenvalue weighted by atomic mass is 10.0. The molecule has 26 nitrogen and oxygen atoms in total. The number of benzene rings is 3. The molecule has 32 heteroatoms. The van der Waals surface area contributed by atoms with Crippen molar-refractivity contribution in [1.29, 1.82) is 0 Å². The van der Waals surface area contributed by atoms with Crippen molar-refractivity contribution in [3.05, 3.63) is 69.8 Å². The van der Waals surface area contributed by atoms with Crippen molar-refractivity contribution in [2.45, 2.75) is 395 Å². The van der Waals surface area contributed by atoms with Crippen molar-refractivity contribution < 1.29 is 118 Å². The number of hydrogen-bond donors (Lipinski definition) is 0. The van der Waals surface area contributed by atoms with Crippen LogP contribution in [0.2, 0.25) is 36.3 Å². The molecule has 702 valence electrons. The van der Waals surface area contributed by atoms with Crippen molar-refractivity contribution in [2.24, 2.45) is 0 Å². The van der Waals surface area contributed by atoms with Gasteiger partial charge in [-0.2, -0.15) is 0 Å². The highest BCUT2D eigenvalue weighted by molar-refractivity contribution is 6.63. The summed E-state index contributed by atoms with van der Waals surface area (Å²) in [4.78, 5) is 27.1. The minimum atomic E-state index is -3.53. The summed E-state index contributed by atoms with van der Waals surface area (Å²) in [5.74, 6) is 2.02. The standard InChI is InChI=1S/C90H162O26Si6/c1-61(2)99-117(100-62(3)4,101-63(5)6)47-41-93-85-53-80(38-40-82-56-90(98-46-52-122(114-76(31)32,115-77(33)34)116-78(35)36)84(60-92)58-88(82)96-44-50-120(108-70(19)20,109-71(21)22)110-72(23)24)86(94-42-48-118(102-64(7)8,103-65(9)10)104-66(11)12)54-79(85)37-39-81-55-89(97-45-51-121(111-73(25)26,112-74(27)28)113-75(29)30)83(59-91)57-87(81)95-43-49-119(105-67(13)14,106-68(15)16)107-69(17)18/h37-40,53-78H,41-52H2,1-36H3/b39-37+,40-38+. The molecule has 0 N–H and O–H groups in total. The molecule has 122 heavy (non-hydrogen) atoms. The molecular weight excluding hydrogens is 1670 g/mol. The monoisotopic (exact) mass is 1830 g/mol. The molecule has 0 bridgehead atoms. The average molecular weight is 1830 g/mol. The van der Waals surface area contributed by atoms with Gasteiger partial charge in [0.2, 0.25) is 0 Å². The SMILES string of the molecule is CC(C)O[Si](CCOc1cc(/C=C/c2cc(OCC[Si](OC(C)C)(OC(C)C)OC(C)C)c(/C=C/c3cc(OCC[Si](OC(C)C)(OC(C)C)OC(C)C)c(C=O)cc3OCC[Si](OC(C)C)(OC(C)C)OC(C)C)cc2OCC[Si](OC(C)C)(OC(C)C)OC(C)C)c(OCC[Si](OC(C)C)(OC(C)C)OC(C)C)cc1C=O)(OC(C)C)OC(C)C. The molecule has 0 unspecified atom stereocenters. The number of rotatable bonds is 66. The van der Waals surface area contributed by atoms with Crippen LogP contribution in [0.15, 0.2) is 36.4 Å². The van der Waals surface area contributed by atoms with Gasteiger partial charge in [0.1, 0.15) is 34.5 Å². The Hall–Kier alpha value is -4.14. The molecule has 0 saturated carbocycles. The minimum Gasteiger partial charge on any atom is -0.493 e. The van der Waals surface area contributed by atoms with E-state index < -0.39 is 52.8 Å². The van der Waals surface area contributed by atoms with Crippen LogP contribution < -0.4 is 28.4 Å². The zero-order valence-electron chi connectivity index (χ0n) is 81.4. The molecule has 0 radical (unpaired) electrons. The van der Waals surface area contributed by atoms with Crippen LogP contribution in [-0.2, 0) is 79.7 Å². The third kappa shape index (κ3) is 42.4. The van der Waals surface area contributed by atoms with Crippen LogP contribution in [0, 0.1) is 0 Å². The molecule has 0 amide bonds. The zero-order chi connectivity index (χ0) is 92.3. The maximum Gasteiger partial charge on any atom is 0.505 e. The molecule has 0 aliphatic heterocycles. The topological polar surface area (TPSA) is 256 Å². The van der Waals surface area contributed by atoms with Gasteiger partial charge >= 0.3 is 52.8 Å². The highest BCUT2D eigenvalue weighted by Crippen LogP contribution is 2.40. The molecule has 0 aromatic heterocycles. The largest absolute Gasteiger partial charge is 0.505 e. The van der Waals surface area contributed by atoms with Gasteiger partial charge in [-0.3, -0.25) is 9.59 Å². The van der Waals surface area contributed by atoms with Crippen LogP contribution in [0.4, 0.5) is 0 Å². The fourth-order valence-electron chi connectivity index (χ4n) is 13.3. The van der Waals surface area contributed by atoms with E-state index in [-0.39, 0.29) is 208 Å². The molecule has 3 aromatic carbocycles. The van der Waals surface area contributed by atoms with Crippen LogP contribution in [0.3, 0.4) is 0 Å². The van der Waals surface area contributed by atoms with Crippen molar-refractivity contribution in [3.8, 4) is 34.5 Å². The van der Waals surface area contributed by atoms with Gasteiger partial charge < -0.3 is 108 Å². The highest BCUT2D eigenvalue weighted by Gasteiger charge is 2.50. The fraction of sp³-hybridized carbons (Fsp3) is 0.733. The van der Waals surface area contributed by atoms with Gasteiger partial charge in [-0.15, -0.1) is 0 Å². The lowest BCUT2D eigenvalue weighted by molar-refractivity contribution is -0.000268. The van der Waals surface area contributed by atoms with E-state index in [0.29, 0.717) is 45.3 Å². The van der Waals surface area contributed by atoms with Crippen molar-refractivity contribution in [3.63, 3.8) is 0 Å². The Morgan fingerprint density at radius 3 is 0.377 bits per heavy atom. The van der Waals surface area contributed by atoms with Crippen LogP contribution in [-0.4, -0.2) is 215 Å². The molecule has 3 aromatic rings. The summed E-state index contributed by atoms with van der Waals surface area (Å²) >= 11 is 0. The first-order valence-corrected chi connectivity index (χ1v) is 56.2. The molecule has 0 atom stereocenters. The number of aldehydes is 2. The first-order valence-electron chi connectivity index (χ1n) is 44.6. The van der Waals surface area contributed by atoms with Gasteiger partial charge in [-0.1, -0.05) is 24.3 Å². The van der Waals surface area contributed by atoms with E-state index in [2.05, 4.69) is 0 Å². The number of carbonyl (C=O) groups excluding carboxylic acids is 2. The Bertz CT molecular complexity index is 3140. The maximum atomic E-state index is 13.6. The summed E-state index contributed by atoms with van der Waals surface area (Å²) in [7, 11) is -20.8. The van der Waals surface area contributed by atoms with Gasteiger partial charge in [0.15, 0.2) is 12.6 Å². The second-order valence-electron chi connectivity index (χ2n) is 35.4. The second-order valence-corrected chi connectivity index (χ2v) is 50.8. The van der Waals surface area contributed by atoms with E-state index in [1.807, 2.05) is 286 Å². The lowest BCUT2D eigenvalue weighted by Crippen LogP contribution is -2.51. The average Bonchev–Trinajstić information content (AvgIpc) is 0.799. The predicted molar refractivity (Wildman–Crippen MR) is 496 cm³/mol. The van der Waals surface area contributed by atoms with E-state index in [0.717, 1.165) is 12.6 Å². The van der Waals surface area contributed by atoms with Crippen LogP contribution in [0.1, 0.15) is 292 Å². The Morgan fingerprint density at radius 2 is 0.279 bits per heavy atom. The number of ether oxygens (including phenoxy) is 6. The van der Waals surface area contributed by atoms with Gasteiger partial charge in [0.25, 0.3) is 0 Å². The third-order valence-electron chi connectivity index (χ3n) is 16.0. The summed E-state index contributed by atoms with van der Waals surface area (Å²) in [6.45, 7) is 70.8. The predicted octanol–water partition coefficient (Wildman–Crippen LogP) is 21.2. The van der Waals surface area contributed by atoms with Gasteiger partial charge in [0.05, 0.1) is 87.0 Å². The molecule has 0 spiro atoms. The van der Waals surface area contributed by atoms with Gasteiger partial charge in [-0.05, 0) is 286 Å². The van der Waals surface area contributed by atoms with Crippen LogP contribution >= 0.6 is 0 Å². The second kappa shape index (κ2) is 54.4. The highest BCUT2D eigenvalue weighted by atomic mass is 28.4. The van der Waals surface area contributed by atoms with Crippen molar-refractivity contribution >= 4 is 89.7 Å². The first-order chi connectivity index (χ1) is 56.8. The molecular formula is C90H162O26Si6. The number of hydrogen-bond acceptors (Lipinski definition) is 26. The van der Waals surface area contributed by atoms with Crippen molar-refractivity contribution in [1.82, 2.24) is 0 Å². The summed E-state index contributed by atoms with van der Waals surface area (Å²) in [5, 5.41) is 0. The molecule has 3 rings (SSSR count). The lowest BCUT2D eigenvalue weighted by Gasteiger charge is -2.34. The molecule has 0 saturated heterocycles. The smallest absolute Gasteiger partial charge is 0.493 e. The van der Waals surface area contributed by atoms with Gasteiger partial charge in [-0.25, -0.2) is 0 Å². The molecule has 0 heterocycles. The van der Waals surface area contributed by atoms with E-state index in [4.69, 9.17) is 108 Å². The summed E-state index contributed by atoms with van der Waals surface area (Å²) < 4.78 is 161. The quantitative estimate of drug-likeness (QED) is 0.0289. The van der Waals surface area contributed by atoms with E-state index in [1.54, 1.807) is 24.3 Å². The Labute approximate surface area is 742 Å². The normalized spacial score (nSPS) is 13.4.